The lowest BCUT2D eigenvalue weighted by atomic mass is 9.97. The fourth-order valence-corrected chi connectivity index (χ4v) is 3.31. The summed E-state index contributed by atoms with van der Waals surface area (Å²) in [6.07, 6.45) is 20.1. The van der Waals surface area contributed by atoms with Crippen LogP contribution in [0.3, 0.4) is 0 Å². The van der Waals surface area contributed by atoms with Crippen molar-refractivity contribution >= 4 is 0 Å². The van der Waals surface area contributed by atoms with Gasteiger partial charge in [-0.3, -0.25) is 0 Å². The Bertz CT molecular complexity index is 611. The molecule has 0 atom stereocenters. The number of allylic oxidation sites excluding steroid dienone is 3. The second-order valence-corrected chi connectivity index (χ2v) is 8.76. The van der Waals surface area contributed by atoms with Gasteiger partial charge in [-0.15, -0.1) is 0 Å². The molecule has 0 bridgehead atoms. The highest BCUT2D eigenvalue weighted by Crippen LogP contribution is 2.16. The van der Waals surface area contributed by atoms with Crippen LogP contribution in [0, 0.1) is 5.92 Å². The number of likely N-dealkylation sites (N-methyl/N-ethyl adjacent to an activating group) is 2. The molecule has 3 rings (SSSR count). The van der Waals surface area contributed by atoms with Crippen LogP contribution in [0.2, 0.25) is 0 Å². The largest absolute Gasteiger partial charge is 0.405 e. The SMILES string of the molecule is C/C=C\N.CC.CC.CC.CC1=CCN(C)CC1.CN1CC=C(/C=C\N)CC1.CN1CCC(/C=C\N)CC1.[3HH].[3HH].[3HH]. The quantitative estimate of drug-likeness (QED) is 0.319. The Labute approximate surface area is 243 Å². The van der Waals surface area contributed by atoms with Crippen LogP contribution in [-0.2, 0) is 0 Å². The van der Waals surface area contributed by atoms with Crippen molar-refractivity contribution in [3.05, 3.63) is 60.1 Å². The smallest absolute Gasteiger partial charge is 0.0166 e. The minimum absolute atomic E-state index is 0. The summed E-state index contributed by atoms with van der Waals surface area (Å²) in [6, 6.07) is 0. The lowest BCUT2D eigenvalue weighted by Gasteiger charge is -2.26. The molecule has 6 nitrogen and oxygen atoms in total. The maximum absolute atomic E-state index is 5.30. The molecule has 1 fully saturated rings. The van der Waals surface area contributed by atoms with Crippen LogP contribution >= 0.6 is 0 Å². The van der Waals surface area contributed by atoms with Crippen LogP contribution in [0.15, 0.2) is 60.1 Å². The van der Waals surface area contributed by atoms with Crippen molar-refractivity contribution in [2.24, 2.45) is 23.1 Å². The van der Waals surface area contributed by atoms with Gasteiger partial charge in [0.2, 0.25) is 0 Å². The number of hydrogen-bond acceptors (Lipinski definition) is 6. The summed E-state index contributed by atoms with van der Waals surface area (Å²) in [7, 11) is 6.45. The Hall–Kier alpha value is -2.02. The summed E-state index contributed by atoms with van der Waals surface area (Å²) in [5.74, 6) is 0.737. The summed E-state index contributed by atoms with van der Waals surface area (Å²) in [5, 5.41) is 0. The van der Waals surface area contributed by atoms with Crippen molar-refractivity contribution in [2.75, 3.05) is 60.4 Å². The Balaban J connectivity index is -0.0000000711. The van der Waals surface area contributed by atoms with E-state index in [0.29, 0.717) is 0 Å². The molecule has 0 amide bonds. The fraction of sp³-hybridized carbons (Fsp3) is 0.688. The van der Waals surface area contributed by atoms with E-state index in [0.717, 1.165) is 32.0 Å². The van der Waals surface area contributed by atoms with Gasteiger partial charge in [-0.2, -0.15) is 0 Å². The van der Waals surface area contributed by atoms with E-state index in [-0.39, 0.29) is 4.28 Å². The number of nitrogens with zero attached hydrogens (tertiary/aromatic N) is 3. The first-order valence-corrected chi connectivity index (χ1v) is 14.9. The normalized spacial score (nSPS) is 18.3. The fourth-order valence-electron chi connectivity index (χ4n) is 3.31. The van der Waals surface area contributed by atoms with Gasteiger partial charge in [-0.05, 0) is 110 Å². The monoisotopic (exact) mass is 549 g/mol. The molecule has 0 unspecified atom stereocenters. The average molecular weight is 549 g/mol. The maximum Gasteiger partial charge on any atom is 0.0166 e. The van der Waals surface area contributed by atoms with E-state index in [9.17, 15) is 0 Å². The minimum atomic E-state index is 0. The molecule has 0 aromatic carbocycles. The first kappa shape index (κ1) is 43.0. The van der Waals surface area contributed by atoms with Crippen molar-refractivity contribution < 1.29 is 4.28 Å². The third kappa shape index (κ3) is 30.2. The first-order valence-electron chi connectivity index (χ1n) is 14.9. The third-order valence-corrected chi connectivity index (χ3v) is 5.74. The first-order chi connectivity index (χ1) is 18.4. The number of hydrogen-bond donors (Lipinski definition) is 3. The molecule has 1 saturated heterocycles. The summed E-state index contributed by atoms with van der Waals surface area (Å²) >= 11 is 0. The van der Waals surface area contributed by atoms with Gasteiger partial charge in [-0.25, -0.2) is 0 Å². The van der Waals surface area contributed by atoms with Crippen molar-refractivity contribution in [1.29, 1.82) is 0 Å². The van der Waals surface area contributed by atoms with Crippen molar-refractivity contribution in [2.45, 2.75) is 81.1 Å². The van der Waals surface area contributed by atoms with Gasteiger partial charge in [0.05, 0.1) is 0 Å². The van der Waals surface area contributed by atoms with Gasteiger partial charge in [0.25, 0.3) is 0 Å². The molecule has 0 aromatic heterocycles. The minimum Gasteiger partial charge on any atom is -0.405 e. The predicted octanol–water partition coefficient (Wildman–Crippen LogP) is 7.08. The Morgan fingerprint density at radius 2 is 1.18 bits per heavy atom. The number of piperidine rings is 1. The molecule has 3 aliphatic heterocycles. The maximum atomic E-state index is 5.30. The van der Waals surface area contributed by atoms with Gasteiger partial charge in [-0.1, -0.05) is 71.4 Å². The zero-order valence-electron chi connectivity index (χ0n) is 27.3. The average Bonchev–Trinajstić information content (AvgIpc) is 2.97. The Morgan fingerprint density at radius 3 is 1.50 bits per heavy atom. The summed E-state index contributed by atoms with van der Waals surface area (Å²) in [6.45, 7) is 23.1. The molecule has 6 heteroatoms. The van der Waals surface area contributed by atoms with Gasteiger partial charge in [0.1, 0.15) is 0 Å². The van der Waals surface area contributed by atoms with Crippen LogP contribution < -0.4 is 17.2 Å². The molecule has 3 heterocycles. The van der Waals surface area contributed by atoms with E-state index in [1.54, 1.807) is 24.0 Å². The molecule has 0 aliphatic carbocycles. The third-order valence-electron chi connectivity index (χ3n) is 5.74. The van der Waals surface area contributed by atoms with Crippen LogP contribution in [0.5, 0.6) is 0 Å². The molecule has 0 saturated carbocycles. The van der Waals surface area contributed by atoms with Crippen LogP contribution in [0.1, 0.15) is 85.4 Å². The summed E-state index contributed by atoms with van der Waals surface area (Å²) < 4.78 is 0. The highest BCUT2D eigenvalue weighted by Gasteiger charge is 2.13. The Kier molecular flexibility index (Phi) is 39.6. The van der Waals surface area contributed by atoms with Crippen molar-refractivity contribution in [3.63, 3.8) is 0 Å². The molecule has 0 aromatic rings. The molecule has 0 spiro atoms. The zero-order valence-corrected chi connectivity index (χ0v) is 27.3. The van der Waals surface area contributed by atoms with Gasteiger partial charge in [0, 0.05) is 30.5 Å². The van der Waals surface area contributed by atoms with E-state index in [1.165, 1.54) is 50.7 Å². The molecule has 232 valence electrons. The number of likely N-dealkylation sites (tertiary alicyclic amines) is 1. The molecule has 0 radical (unpaired) electrons. The zero-order chi connectivity index (χ0) is 30.2. The number of rotatable bonds is 2. The van der Waals surface area contributed by atoms with Gasteiger partial charge >= 0.3 is 0 Å². The summed E-state index contributed by atoms with van der Waals surface area (Å²) in [4.78, 5) is 6.97. The second kappa shape index (κ2) is 35.0. The van der Waals surface area contributed by atoms with Gasteiger partial charge < -0.3 is 31.9 Å². The molecular formula is C32H74N6. The highest BCUT2D eigenvalue weighted by molar-refractivity contribution is 5.20. The highest BCUT2D eigenvalue weighted by atomic mass is 15.1. The predicted molar refractivity (Wildman–Crippen MR) is 182 cm³/mol. The van der Waals surface area contributed by atoms with Crippen molar-refractivity contribution in [3.8, 4) is 0 Å². The van der Waals surface area contributed by atoms with E-state index < -0.39 is 0 Å². The molecular weight excluding hydrogens is 468 g/mol. The lowest BCUT2D eigenvalue weighted by molar-refractivity contribution is 0.244. The van der Waals surface area contributed by atoms with E-state index in [1.807, 2.05) is 54.5 Å². The number of nitrogens with two attached hydrogens (primary N) is 3. The topological polar surface area (TPSA) is 87.8 Å². The van der Waals surface area contributed by atoms with Crippen molar-refractivity contribution in [1.82, 2.24) is 14.7 Å². The standard InChI is InChI=1S/C8H16N2.C8H14N2.C7H13N.C3H7N.3C2H6.3H2/c2*1-10-6-3-8(2-5-9)4-7-10;1-7-3-5-8(2)6-4-7;1-2-3-4;3*1-2;;;/h2,5,8H,3-4,6-7,9H2,1H3;2-3,5H,4,6-7,9H2,1H3;3H,4-6H2,1-2H3;2-3H,4H2,1H3;3*1-2H3;3*1H/b2*5-2-;;3-2-;;;;;;/i;;;;;;;3*1+2. The Morgan fingerprint density at radius 1 is 0.711 bits per heavy atom. The lowest BCUT2D eigenvalue weighted by Crippen LogP contribution is -2.29. The van der Waals surface area contributed by atoms with Gasteiger partial charge in [0.15, 0.2) is 0 Å². The molecule has 6 N–H and O–H groups in total. The van der Waals surface area contributed by atoms with E-state index in [2.05, 4.69) is 61.0 Å². The van der Waals surface area contributed by atoms with E-state index in [4.69, 9.17) is 17.2 Å². The molecule has 3 aliphatic rings. The van der Waals surface area contributed by atoms with Crippen LogP contribution in [0.25, 0.3) is 0 Å². The van der Waals surface area contributed by atoms with E-state index >= 15 is 0 Å². The van der Waals surface area contributed by atoms with Crippen LogP contribution in [-0.4, -0.2) is 75.1 Å². The summed E-state index contributed by atoms with van der Waals surface area (Å²) in [5.41, 5.74) is 18.3. The van der Waals surface area contributed by atoms with Crippen LogP contribution in [0.4, 0.5) is 0 Å². The second-order valence-electron chi connectivity index (χ2n) is 8.76. The molecule has 38 heavy (non-hydrogen) atoms.